The second kappa shape index (κ2) is 4.80. The molecule has 0 heterocycles. The van der Waals surface area contributed by atoms with Gasteiger partial charge < -0.3 is 10.1 Å². The fraction of sp³-hybridized carbons (Fsp3) is 0.867. The van der Waals surface area contributed by atoms with Crippen molar-refractivity contribution in [2.45, 2.75) is 57.4 Å². The molecule has 0 aromatic carbocycles. The molecule has 0 saturated heterocycles. The van der Waals surface area contributed by atoms with E-state index in [0.717, 1.165) is 17.8 Å². The molecule has 0 aromatic rings. The molecule has 1 N–H and O–H groups in total. The number of hydrogen-bond donors (Lipinski definition) is 1. The number of amides is 1. The average molecular weight is 265 g/mol. The third-order valence-corrected chi connectivity index (χ3v) is 5.08. The van der Waals surface area contributed by atoms with Gasteiger partial charge in [0.15, 0.2) is 0 Å². The Morgan fingerprint density at radius 3 is 2.11 bits per heavy atom. The summed E-state index contributed by atoms with van der Waals surface area (Å²) in [5.41, 5.74) is 0.0715. The molecule has 0 spiro atoms. The van der Waals surface area contributed by atoms with Crippen LogP contribution in [0.1, 0.15) is 51.9 Å². The summed E-state index contributed by atoms with van der Waals surface area (Å²) in [6, 6.07) is 0. The smallest absolute Gasteiger partial charge is 0.302 e. The van der Waals surface area contributed by atoms with Gasteiger partial charge in [0.05, 0.1) is 6.42 Å². The molecule has 0 atom stereocenters. The first-order valence-corrected chi connectivity index (χ1v) is 7.49. The average Bonchev–Trinajstić information content (AvgIpc) is 2.25. The van der Waals surface area contributed by atoms with Gasteiger partial charge >= 0.3 is 5.97 Å². The third kappa shape index (κ3) is 2.77. The Morgan fingerprint density at radius 2 is 1.63 bits per heavy atom. The number of rotatable bonds is 4. The summed E-state index contributed by atoms with van der Waals surface area (Å²) < 4.78 is 4.83. The number of carbonyl (C=O) groups excluding carboxylic acids is 2. The van der Waals surface area contributed by atoms with E-state index in [-0.39, 0.29) is 24.0 Å². The topological polar surface area (TPSA) is 55.4 Å². The van der Waals surface area contributed by atoms with E-state index in [1.54, 1.807) is 0 Å². The number of nitrogens with one attached hydrogen (secondary N) is 1. The van der Waals surface area contributed by atoms with Crippen LogP contribution in [-0.2, 0) is 14.3 Å². The van der Waals surface area contributed by atoms with Crippen molar-refractivity contribution < 1.29 is 14.3 Å². The molecule has 0 aliphatic heterocycles. The zero-order chi connectivity index (χ0) is 13.5. The lowest BCUT2D eigenvalue weighted by Gasteiger charge is -2.56. The summed E-state index contributed by atoms with van der Waals surface area (Å²) in [5, 5.41) is 3.27. The van der Waals surface area contributed by atoms with E-state index in [2.05, 4.69) is 5.32 Å². The van der Waals surface area contributed by atoms with E-state index >= 15 is 0 Å². The highest BCUT2D eigenvalue weighted by Gasteiger charge is 2.51. The quantitative estimate of drug-likeness (QED) is 0.791. The van der Waals surface area contributed by atoms with Gasteiger partial charge in [0, 0.05) is 12.5 Å². The zero-order valence-electron chi connectivity index (χ0n) is 11.6. The highest BCUT2D eigenvalue weighted by atomic mass is 16.5. The standard InChI is InChI=1S/C15H23NO3/c1-10(17)19-3-2-14(18)16-15-7-11-4-12(8-15)6-13(5-11)9-15/h11-13H,2-9H2,1H3,(H,16,18). The zero-order valence-corrected chi connectivity index (χ0v) is 11.6. The highest BCUT2D eigenvalue weighted by Crippen LogP contribution is 2.55. The number of hydrogen-bond acceptors (Lipinski definition) is 3. The van der Waals surface area contributed by atoms with E-state index in [0.29, 0.717) is 6.42 Å². The van der Waals surface area contributed by atoms with Crippen LogP contribution >= 0.6 is 0 Å². The van der Waals surface area contributed by atoms with E-state index in [1.165, 1.54) is 45.4 Å². The van der Waals surface area contributed by atoms with Crippen molar-refractivity contribution in [3.05, 3.63) is 0 Å². The van der Waals surface area contributed by atoms with Crippen molar-refractivity contribution in [1.29, 1.82) is 0 Å². The van der Waals surface area contributed by atoms with Crippen molar-refractivity contribution in [2.75, 3.05) is 6.61 Å². The SMILES string of the molecule is CC(=O)OCCC(=O)NC12CC3CC(CC(C3)C1)C2. The second-order valence-corrected chi connectivity index (χ2v) is 6.84. The van der Waals surface area contributed by atoms with Crippen LogP contribution in [0.5, 0.6) is 0 Å². The minimum absolute atomic E-state index is 0.0446. The molecule has 4 heteroatoms. The Kier molecular flexibility index (Phi) is 3.27. The Morgan fingerprint density at radius 1 is 1.11 bits per heavy atom. The predicted molar refractivity (Wildman–Crippen MR) is 70.3 cm³/mol. The van der Waals surface area contributed by atoms with Gasteiger partial charge in [0.1, 0.15) is 6.61 Å². The number of carbonyl (C=O) groups is 2. The van der Waals surface area contributed by atoms with Gasteiger partial charge in [-0.3, -0.25) is 9.59 Å². The van der Waals surface area contributed by atoms with Crippen LogP contribution in [-0.4, -0.2) is 24.0 Å². The molecule has 4 aliphatic carbocycles. The Bertz CT molecular complexity index is 356. The van der Waals surface area contributed by atoms with Crippen LogP contribution in [0.15, 0.2) is 0 Å². The van der Waals surface area contributed by atoms with E-state index in [1.807, 2.05) is 0 Å². The maximum absolute atomic E-state index is 12.0. The Hall–Kier alpha value is -1.06. The fourth-order valence-corrected chi connectivity index (χ4v) is 4.91. The van der Waals surface area contributed by atoms with Crippen LogP contribution in [0.25, 0.3) is 0 Å². The molecule has 4 bridgehead atoms. The predicted octanol–water partition coefficient (Wildman–Crippen LogP) is 2.02. The van der Waals surface area contributed by atoms with Crippen molar-refractivity contribution in [3.63, 3.8) is 0 Å². The highest BCUT2D eigenvalue weighted by molar-refractivity contribution is 5.77. The minimum atomic E-state index is -0.317. The summed E-state index contributed by atoms with van der Waals surface area (Å²) in [7, 11) is 0. The summed E-state index contributed by atoms with van der Waals surface area (Å²) >= 11 is 0. The Labute approximate surface area is 114 Å². The lowest BCUT2D eigenvalue weighted by Crippen LogP contribution is -2.59. The molecule has 1 amide bonds. The van der Waals surface area contributed by atoms with Gasteiger partial charge in [0.2, 0.25) is 5.91 Å². The van der Waals surface area contributed by atoms with Crippen molar-refractivity contribution in [3.8, 4) is 0 Å². The van der Waals surface area contributed by atoms with Gasteiger partial charge in [-0.25, -0.2) is 0 Å². The molecule has 0 radical (unpaired) electrons. The van der Waals surface area contributed by atoms with E-state index in [4.69, 9.17) is 4.74 Å². The monoisotopic (exact) mass is 265 g/mol. The lowest BCUT2D eigenvalue weighted by molar-refractivity contribution is -0.142. The summed E-state index contributed by atoms with van der Waals surface area (Å²) in [6.45, 7) is 1.57. The van der Waals surface area contributed by atoms with Gasteiger partial charge in [-0.2, -0.15) is 0 Å². The molecule has 4 nitrogen and oxygen atoms in total. The Balaban J connectivity index is 1.54. The van der Waals surface area contributed by atoms with E-state index in [9.17, 15) is 9.59 Å². The minimum Gasteiger partial charge on any atom is -0.465 e. The van der Waals surface area contributed by atoms with E-state index < -0.39 is 0 Å². The molecule has 0 unspecified atom stereocenters. The van der Waals surface area contributed by atoms with Gasteiger partial charge in [-0.1, -0.05) is 0 Å². The second-order valence-electron chi connectivity index (χ2n) is 6.84. The van der Waals surface area contributed by atoms with Crippen LogP contribution in [0, 0.1) is 17.8 Å². The first-order valence-electron chi connectivity index (χ1n) is 7.49. The van der Waals surface area contributed by atoms with Crippen LogP contribution < -0.4 is 5.32 Å². The maximum atomic E-state index is 12.0. The van der Waals surface area contributed by atoms with Gasteiger partial charge in [0.25, 0.3) is 0 Å². The molecule has 4 saturated carbocycles. The largest absolute Gasteiger partial charge is 0.465 e. The van der Waals surface area contributed by atoms with Crippen LogP contribution in [0.2, 0.25) is 0 Å². The van der Waals surface area contributed by atoms with Crippen molar-refractivity contribution in [1.82, 2.24) is 5.32 Å². The first kappa shape index (κ1) is 12.9. The summed E-state index contributed by atoms with van der Waals surface area (Å²) in [5.74, 6) is 2.23. The van der Waals surface area contributed by atoms with Crippen molar-refractivity contribution >= 4 is 11.9 Å². The summed E-state index contributed by atoms with van der Waals surface area (Å²) in [4.78, 5) is 22.7. The molecule has 4 rings (SSSR count). The van der Waals surface area contributed by atoms with Gasteiger partial charge in [-0.05, 0) is 56.3 Å². The fourth-order valence-electron chi connectivity index (χ4n) is 4.91. The van der Waals surface area contributed by atoms with Crippen molar-refractivity contribution in [2.24, 2.45) is 17.8 Å². The van der Waals surface area contributed by atoms with Crippen LogP contribution in [0.3, 0.4) is 0 Å². The number of ether oxygens (including phenoxy) is 1. The molecule has 106 valence electrons. The normalized spacial score (nSPS) is 39.1. The molecule has 0 aromatic heterocycles. The molecular formula is C15H23NO3. The molecular weight excluding hydrogens is 242 g/mol. The first-order chi connectivity index (χ1) is 9.05. The molecule has 4 fully saturated rings. The third-order valence-electron chi connectivity index (χ3n) is 5.08. The van der Waals surface area contributed by atoms with Crippen LogP contribution in [0.4, 0.5) is 0 Å². The number of esters is 1. The summed E-state index contributed by atoms with van der Waals surface area (Å²) in [6.07, 6.45) is 7.92. The lowest BCUT2D eigenvalue weighted by atomic mass is 9.53. The maximum Gasteiger partial charge on any atom is 0.302 e. The molecule has 4 aliphatic rings. The van der Waals surface area contributed by atoms with Gasteiger partial charge in [-0.15, -0.1) is 0 Å². The molecule has 19 heavy (non-hydrogen) atoms.